The Kier molecular flexibility index (Phi) is 6.41. The summed E-state index contributed by atoms with van der Waals surface area (Å²) >= 11 is 5.91. The highest BCUT2D eigenvalue weighted by Gasteiger charge is 2.39. The van der Waals surface area contributed by atoms with Crippen molar-refractivity contribution >= 4 is 40.9 Å². The first-order valence-electron chi connectivity index (χ1n) is 10.3. The number of nitrogens with zero attached hydrogens (tertiary/aromatic N) is 2. The molecule has 1 atom stereocenters. The molecule has 33 heavy (non-hydrogen) atoms. The maximum atomic E-state index is 12.8. The van der Waals surface area contributed by atoms with Gasteiger partial charge in [0.15, 0.2) is 5.71 Å². The molecular formula is C23H21ClN4O5. The smallest absolute Gasteiger partial charge is 0.274 e. The fourth-order valence-electron chi connectivity index (χ4n) is 3.93. The maximum absolute atomic E-state index is 12.8. The van der Waals surface area contributed by atoms with Gasteiger partial charge in [-0.1, -0.05) is 41.0 Å². The van der Waals surface area contributed by atoms with E-state index in [2.05, 4.69) is 15.8 Å². The predicted octanol–water partition coefficient (Wildman–Crippen LogP) is 1.77. The Morgan fingerprint density at radius 2 is 1.97 bits per heavy atom. The van der Waals surface area contributed by atoms with Crippen LogP contribution < -0.4 is 10.6 Å². The third-order valence-electron chi connectivity index (χ3n) is 5.56. The van der Waals surface area contributed by atoms with Crippen LogP contribution in [0.3, 0.4) is 0 Å². The van der Waals surface area contributed by atoms with Gasteiger partial charge in [0.2, 0.25) is 11.8 Å². The number of benzene rings is 2. The molecule has 0 bridgehead atoms. The van der Waals surface area contributed by atoms with Gasteiger partial charge in [0, 0.05) is 35.7 Å². The van der Waals surface area contributed by atoms with Crippen molar-refractivity contribution in [1.82, 2.24) is 15.5 Å². The first-order chi connectivity index (χ1) is 15.9. The van der Waals surface area contributed by atoms with Crippen molar-refractivity contribution in [2.24, 2.45) is 5.16 Å². The van der Waals surface area contributed by atoms with Gasteiger partial charge in [-0.2, -0.15) is 0 Å². The summed E-state index contributed by atoms with van der Waals surface area (Å²) in [5, 5.41) is 9.45. The largest absolute Gasteiger partial charge is 0.398 e. The highest BCUT2D eigenvalue weighted by Crippen LogP contribution is 2.28. The lowest BCUT2D eigenvalue weighted by atomic mass is 10.0. The molecule has 170 valence electrons. The van der Waals surface area contributed by atoms with Crippen LogP contribution in [-0.4, -0.2) is 47.4 Å². The summed E-state index contributed by atoms with van der Waals surface area (Å²) in [5.41, 5.74) is 2.72. The van der Waals surface area contributed by atoms with Crippen LogP contribution in [0.1, 0.15) is 39.9 Å². The second-order valence-electron chi connectivity index (χ2n) is 7.70. The molecule has 1 fully saturated rings. The fourth-order valence-corrected chi connectivity index (χ4v) is 4.05. The zero-order valence-corrected chi connectivity index (χ0v) is 18.5. The van der Waals surface area contributed by atoms with E-state index in [-0.39, 0.29) is 37.0 Å². The Hall–Kier alpha value is -3.72. The molecule has 2 N–H and O–H groups in total. The van der Waals surface area contributed by atoms with Crippen molar-refractivity contribution in [2.75, 3.05) is 7.11 Å². The van der Waals surface area contributed by atoms with Crippen LogP contribution in [0.25, 0.3) is 0 Å². The first-order valence-corrected chi connectivity index (χ1v) is 10.7. The predicted molar refractivity (Wildman–Crippen MR) is 119 cm³/mol. The van der Waals surface area contributed by atoms with Crippen LogP contribution in [0, 0.1) is 0 Å². The van der Waals surface area contributed by atoms with Crippen LogP contribution >= 0.6 is 11.6 Å². The summed E-state index contributed by atoms with van der Waals surface area (Å²) in [6.07, 6.45) is 0.506. The number of hydrogen-bond acceptors (Lipinski definition) is 6. The lowest BCUT2D eigenvalue weighted by Crippen LogP contribution is -2.52. The number of halogens is 1. The quantitative estimate of drug-likeness (QED) is 0.380. The van der Waals surface area contributed by atoms with Crippen molar-refractivity contribution < 1.29 is 24.0 Å². The molecular weight excluding hydrogens is 448 g/mol. The number of carbonyl (C=O) groups excluding carboxylic acids is 4. The minimum absolute atomic E-state index is 0.106. The molecule has 2 aliphatic rings. The van der Waals surface area contributed by atoms with E-state index in [1.165, 1.54) is 12.0 Å². The minimum atomic E-state index is -0.669. The van der Waals surface area contributed by atoms with E-state index in [0.29, 0.717) is 22.6 Å². The summed E-state index contributed by atoms with van der Waals surface area (Å²) in [6, 6.07) is 11.2. The van der Waals surface area contributed by atoms with Crippen LogP contribution in [0.15, 0.2) is 47.6 Å². The summed E-state index contributed by atoms with van der Waals surface area (Å²) in [6.45, 7) is 0.471. The lowest BCUT2D eigenvalue weighted by molar-refractivity contribution is -0.137. The Bertz CT molecular complexity index is 1160. The number of oxime groups is 1. The Morgan fingerprint density at radius 1 is 1.21 bits per heavy atom. The van der Waals surface area contributed by atoms with Crippen molar-refractivity contribution in [3.8, 4) is 0 Å². The van der Waals surface area contributed by atoms with Crippen LogP contribution in [0.4, 0.5) is 0 Å². The highest BCUT2D eigenvalue weighted by atomic mass is 35.5. The van der Waals surface area contributed by atoms with Gasteiger partial charge in [-0.25, -0.2) is 0 Å². The van der Waals surface area contributed by atoms with E-state index in [4.69, 9.17) is 16.4 Å². The van der Waals surface area contributed by atoms with E-state index in [1.807, 2.05) is 6.07 Å². The van der Waals surface area contributed by atoms with Crippen molar-refractivity contribution in [3.05, 3.63) is 69.7 Å². The zero-order chi connectivity index (χ0) is 23.5. The minimum Gasteiger partial charge on any atom is -0.398 e. The second-order valence-corrected chi connectivity index (χ2v) is 8.14. The molecule has 0 saturated carbocycles. The van der Waals surface area contributed by atoms with E-state index in [9.17, 15) is 19.2 Å². The Balaban J connectivity index is 1.44. The normalized spacial score (nSPS) is 18.1. The summed E-state index contributed by atoms with van der Waals surface area (Å²) in [5.74, 6) is -1.45. The number of nitrogens with one attached hydrogen (secondary N) is 2. The van der Waals surface area contributed by atoms with Crippen molar-refractivity contribution in [1.29, 1.82) is 0 Å². The molecule has 2 heterocycles. The molecule has 10 heteroatoms. The van der Waals surface area contributed by atoms with Crippen LogP contribution in [-0.2, 0) is 32.3 Å². The number of carbonyl (C=O) groups is 4. The summed E-state index contributed by atoms with van der Waals surface area (Å²) in [4.78, 5) is 55.4. The molecule has 0 aromatic heterocycles. The zero-order valence-electron chi connectivity index (χ0n) is 17.8. The van der Waals surface area contributed by atoms with Gasteiger partial charge in [0.25, 0.3) is 11.8 Å². The average molecular weight is 469 g/mol. The van der Waals surface area contributed by atoms with E-state index >= 15 is 0 Å². The molecule has 0 spiro atoms. The molecule has 2 aromatic carbocycles. The molecule has 2 aromatic rings. The third kappa shape index (κ3) is 4.73. The number of hydrogen-bond donors (Lipinski definition) is 2. The molecule has 4 rings (SSSR count). The summed E-state index contributed by atoms with van der Waals surface area (Å²) in [7, 11) is 1.36. The van der Waals surface area contributed by atoms with Gasteiger partial charge in [0.1, 0.15) is 13.2 Å². The second kappa shape index (κ2) is 9.41. The summed E-state index contributed by atoms with van der Waals surface area (Å²) < 4.78 is 0. The topological polar surface area (TPSA) is 117 Å². The molecule has 4 amide bonds. The molecule has 2 aliphatic heterocycles. The molecule has 0 aliphatic carbocycles. The monoisotopic (exact) mass is 468 g/mol. The van der Waals surface area contributed by atoms with Crippen molar-refractivity contribution in [2.45, 2.75) is 32.0 Å². The first kappa shape index (κ1) is 22.5. The number of fused-ring (bicyclic) bond motifs is 1. The highest BCUT2D eigenvalue weighted by molar-refractivity contribution is 6.45. The molecule has 9 nitrogen and oxygen atoms in total. The van der Waals surface area contributed by atoms with E-state index in [0.717, 1.165) is 11.1 Å². The number of rotatable bonds is 6. The number of imide groups is 1. The Labute approximate surface area is 194 Å². The van der Waals surface area contributed by atoms with Crippen LogP contribution in [0.5, 0.6) is 0 Å². The molecule has 0 radical (unpaired) electrons. The average Bonchev–Trinajstić information content (AvgIpc) is 3.12. The van der Waals surface area contributed by atoms with Crippen LogP contribution in [0.2, 0.25) is 5.02 Å². The van der Waals surface area contributed by atoms with Gasteiger partial charge < -0.3 is 15.1 Å². The Morgan fingerprint density at radius 3 is 2.67 bits per heavy atom. The van der Waals surface area contributed by atoms with Gasteiger partial charge in [0.05, 0.1) is 0 Å². The van der Waals surface area contributed by atoms with Gasteiger partial charge in [-0.3, -0.25) is 24.5 Å². The number of amides is 4. The van der Waals surface area contributed by atoms with Gasteiger partial charge in [-0.15, -0.1) is 0 Å². The third-order valence-corrected chi connectivity index (χ3v) is 5.81. The maximum Gasteiger partial charge on any atom is 0.274 e. The van der Waals surface area contributed by atoms with Gasteiger partial charge >= 0.3 is 0 Å². The number of piperidine rings is 1. The lowest BCUT2D eigenvalue weighted by Gasteiger charge is -2.29. The molecule has 1 unspecified atom stereocenters. The fraction of sp³-hybridized carbons (Fsp3) is 0.261. The van der Waals surface area contributed by atoms with E-state index < -0.39 is 17.9 Å². The van der Waals surface area contributed by atoms with Crippen molar-refractivity contribution in [3.63, 3.8) is 0 Å². The molecule has 1 saturated heterocycles. The van der Waals surface area contributed by atoms with Gasteiger partial charge in [-0.05, 0) is 35.7 Å². The standard InChI is InChI=1S/C23H21ClN4O5/c1-33-27-20(14-3-5-16(24)6-4-14)22(31)25-11-13-2-7-17-15(10-13)12-28(23(17)32)18-8-9-19(29)26-21(18)30/h2-7,10,18H,8-9,11-12H2,1H3,(H,25,31)(H,26,29,30)/b27-20+. The van der Waals surface area contributed by atoms with E-state index in [1.54, 1.807) is 36.4 Å². The SMILES string of the molecule is CO/N=C(/C(=O)NCc1ccc2c(c1)CN(C1CCC(=O)NC1=O)C2=O)c1ccc(Cl)cc1.